The van der Waals surface area contributed by atoms with Crippen molar-refractivity contribution in [2.75, 3.05) is 44.2 Å². The Hall–Kier alpha value is -2.89. The van der Waals surface area contributed by atoms with Gasteiger partial charge >= 0.3 is 5.97 Å². The standard InChI is InChI=1S/C32H41N3O2/c1-7-33(8-2)23-17-18-28-25(21-23)30(36)37-32(28)27-16-14-13-15-24(27)26-22-31(20-19-29(26)32,34(9-3)10-4)35(11-5)12-6/h13-19,21-22H,7-12,20H2,1-6H3. The number of carbonyl (C=O) groups excluding carboxylic acids is 1. The van der Waals surface area contributed by atoms with Gasteiger partial charge in [0.05, 0.1) is 11.2 Å². The maximum Gasteiger partial charge on any atom is 0.340 e. The van der Waals surface area contributed by atoms with Crippen molar-refractivity contribution in [1.29, 1.82) is 0 Å². The number of hydrogen-bond donors (Lipinski definition) is 0. The van der Waals surface area contributed by atoms with E-state index in [4.69, 9.17) is 4.74 Å². The molecule has 0 fully saturated rings. The van der Waals surface area contributed by atoms with Gasteiger partial charge in [-0.2, -0.15) is 0 Å². The predicted octanol–water partition coefficient (Wildman–Crippen LogP) is 6.05. The van der Waals surface area contributed by atoms with Crippen LogP contribution in [0.15, 0.2) is 60.2 Å². The van der Waals surface area contributed by atoms with Crippen LogP contribution in [0.3, 0.4) is 0 Å². The lowest BCUT2D eigenvalue weighted by Gasteiger charge is -2.50. The predicted molar refractivity (Wildman–Crippen MR) is 152 cm³/mol. The van der Waals surface area contributed by atoms with E-state index in [1.165, 1.54) is 11.1 Å². The van der Waals surface area contributed by atoms with Crippen molar-refractivity contribution in [1.82, 2.24) is 9.80 Å². The number of benzene rings is 2. The molecule has 1 atom stereocenters. The molecule has 3 aliphatic rings. The minimum absolute atomic E-state index is 0.206. The van der Waals surface area contributed by atoms with E-state index in [1.807, 2.05) is 6.07 Å². The topological polar surface area (TPSA) is 36.0 Å². The third kappa shape index (κ3) is 3.54. The van der Waals surface area contributed by atoms with Crippen molar-refractivity contribution in [2.24, 2.45) is 0 Å². The van der Waals surface area contributed by atoms with Crippen molar-refractivity contribution < 1.29 is 9.53 Å². The number of likely N-dealkylation sites (N-methyl/N-ethyl adjacent to an activating group) is 2. The molecule has 1 spiro atoms. The molecule has 37 heavy (non-hydrogen) atoms. The summed E-state index contributed by atoms with van der Waals surface area (Å²) >= 11 is 0. The van der Waals surface area contributed by atoms with Gasteiger partial charge in [0, 0.05) is 41.9 Å². The van der Waals surface area contributed by atoms with Gasteiger partial charge in [0.2, 0.25) is 0 Å². The summed E-state index contributed by atoms with van der Waals surface area (Å²) in [6.07, 6.45) is 5.70. The van der Waals surface area contributed by atoms with Gasteiger partial charge in [-0.1, -0.05) is 64.1 Å². The van der Waals surface area contributed by atoms with Crippen LogP contribution in [-0.4, -0.2) is 60.7 Å². The first kappa shape index (κ1) is 25.7. The molecule has 0 aromatic heterocycles. The van der Waals surface area contributed by atoms with E-state index in [-0.39, 0.29) is 11.6 Å². The van der Waals surface area contributed by atoms with Crippen molar-refractivity contribution in [2.45, 2.75) is 59.2 Å². The highest BCUT2D eigenvalue weighted by molar-refractivity contribution is 6.02. The van der Waals surface area contributed by atoms with E-state index in [2.05, 4.69) is 105 Å². The Bertz CT molecular complexity index is 1240. The van der Waals surface area contributed by atoms with E-state index < -0.39 is 5.60 Å². The maximum absolute atomic E-state index is 13.5. The smallest absolute Gasteiger partial charge is 0.340 e. The molecule has 0 N–H and O–H groups in total. The molecule has 0 saturated heterocycles. The zero-order valence-corrected chi connectivity index (χ0v) is 23.3. The molecule has 2 aromatic rings. The minimum atomic E-state index is -0.880. The highest BCUT2D eigenvalue weighted by Gasteiger charge is 2.57. The van der Waals surface area contributed by atoms with Crippen LogP contribution in [-0.2, 0) is 10.3 Å². The third-order valence-electron chi connectivity index (χ3n) is 8.85. The molecule has 0 bridgehead atoms. The fourth-order valence-corrected chi connectivity index (χ4v) is 7.08. The van der Waals surface area contributed by atoms with Crippen LogP contribution in [0.25, 0.3) is 5.57 Å². The number of fused-ring (bicyclic) bond motifs is 7. The van der Waals surface area contributed by atoms with E-state index in [1.54, 1.807) is 0 Å². The Balaban J connectivity index is 1.72. The lowest BCUT2D eigenvalue weighted by molar-refractivity contribution is -0.0103. The monoisotopic (exact) mass is 499 g/mol. The molecular weight excluding hydrogens is 458 g/mol. The first-order chi connectivity index (χ1) is 17.9. The molecule has 1 aliphatic heterocycles. The van der Waals surface area contributed by atoms with Gasteiger partial charge < -0.3 is 9.64 Å². The molecule has 1 heterocycles. The Morgan fingerprint density at radius 3 is 2.03 bits per heavy atom. The van der Waals surface area contributed by atoms with Crippen LogP contribution in [0.4, 0.5) is 5.69 Å². The fourth-order valence-electron chi connectivity index (χ4n) is 7.08. The third-order valence-corrected chi connectivity index (χ3v) is 8.85. The zero-order valence-electron chi connectivity index (χ0n) is 23.3. The maximum atomic E-state index is 13.5. The van der Waals surface area contributed by atoms with E-state index >= 15 is 0 Å². The van der Waals surface area contributed by atoms with Gasteiger partial charge in [-0.05, 0) is 69.4 Å². The highest BCUT2D eigenvalue weighted by Crippen LogP contribution is 2.60. The Morgan fingerprint density at radius 2 is 1.41 bits per heavy atom. The van der Waals surface area contributed by atoms with Crippen molar-refractivity contribution in [3.8, 4) is 0 Å². The number of hydrogen-bond acceptors (Lipinski definition) is 5. The van der Waals surface area contributed by atoms with E-state index in [0.29, 0.717) is 5.56 Å². The quantitative estimate of drug-likeness (QED) is 0.310. The molecule has 5 rings (SSSR count). The Labute approximate surface area is 222 Å². The zero-order chi connectivity index (χ0) is 26.4. The summed E-state index contributed by atoms with van der Waals surface area (Å²) < 4.78 is 6.48. The molecule has 5 nitrogen and oxygen atoms in total. The SMILES string of the molecule is CCN(CC)c1ccc2c(c1)C(=O)OC21C2=CCC(N(CC)CC)(N(CC)CC)C=C2c2ccccc21. The fraction of sp³-hybridized carbons (Fsp3) is 0.469. The average molecular weight is 500 g/mol. The average Bonchev–Trinajstić information content (AvgIpc) is 3.37. The first-order valence-corrected chi connectivity index (χ1v) is 14.1. The Morgan fingerprint density at radius 1 is 0.784 bits per heavy atom. The molecule has 0 radical (unpaired) electrons. The van der Waals surface area contributed by atoms with Gasteiger partial charge in [-0.3, -0.25) is 9.80 Å². The lowest BCUT2D eigenvalue weighted by atomic mass is 9.79. The normalized spacial score (nSPS) is 21.0. The molecule has 5 heteroatoms. The minimum Gasteiger partial charge on any atom is -0.441 e. The molecule has 0 amide bonds. The molecule has 196 valence electrons. The van der Waals surface area contributed by atoms with Crippen molar-refractivity contribution >= 4 is 17.2 Å². The van der Waals surface area contributed by atoms with Gasteiger partial charge in [-0.25, -0.2) is 4.79 Å². The number of rotatable bonds is 9. The summed E-state index contributed by atoms with van der Waals surface area (Å²) in [5.41, 5.74) is 6.20. The molecule has 1 unspecified atom stereocenters. The van der Waals surface area contributed by atoms with Crippen LogP contribution >= 0.6 is 0 Å². The number of esters is 1. The second kappa shape index (κ2) is 9.77. The summed E-state index contributed by atoms with van der Waals surface area (Å²) in [4.78, 5) is 20.9. The molecule has 2 aliphatic carbocycles. The van der Waals surface area contributed by atoms with Crippen LogP contribution < -0.4 is 4.90 Å². The number of anilines is 1. The number of ether oxygens (including phenoxy) is 1. The molecule has 2 aromatic carbocycles. The number of carbonyl (C=O) groups is 1. The van der Waals surface area contributed by atoms with Gasteiger partial charge in [0.15, 0.2) is 5.60 Å². The highest BCUT2D eigenvalue weighted by atomic mass is 16.6. The number of nitrogens with zero attached hydrogens (tertiary/aromatic N) is 3. The van der Waals surface area contributed by atoms with Crippen LogP contribution in [0.1, 0.15) is 75.0 Å². The van der Waals surface area contributed by atoms with Crippen LogP contribution in [0.2, 0.25) is 0 Å². The van der Waals surface area contributed by atoms with Crippen LogP contribution in [0.5, 0.6) is 0 Å². The largest absolute Gasteiger partial charge is 0.441 e. The van der Waals surface area contributed by atoms with Gasteiger partial charge in [-0.15, -0.1) is 0 Å². The van der Waals surface area contributed by atoms with E-state index in [0.717, 1.165) is 68.1 Å². The van der Waals surface area contributed by atoms with E-state index in [9.17, 15) is 4.79 Å². The lowest BCUT2D eigenvalue weighted by Crippen LogP contribution is -2.60. The summed E-state index contributed by atoms with van der Waals surface area (Å²) in [6.45, 7) is 19.0. The second-order valence-corrected chi connectivity index (χ2v) is 10.1. The molecule has 0 saturated carbocycles. The summed E-state index contributed by atoms with van der Waals surface area (Å²) in [7, 11) is 0. The van der Waals surface area contributed by atoms with Crippen molar-refractivity contribution in [3.63, 3.8) is 0 Å². The first-order valence-electron chi connectivity index (χ1n) is 14.1. The summed E-state index contributed by atoms with van der Waals surface area (Å²) in [6, 6.07) is 14.8. The van der Waals surface area contributed by atoms with Crippen LogP contribution in [0, 0.1) is 0 Å². The van der Waals surface area contributed by atoms with Gasteiger partial charge in [0.25, 0.3) is 0 Å². The van der Waals surface area contributed by atoms with Gasteiger partial charge in [0.1, 0.15) is 0 Å². The second-order valence-electron chi connectivity index (χ2n) is 10.1. The molecular formula is C32H41N3O2. The summed E-state index contributed by atoms with van der Waals surface area (Å²) in [5, 5.41) is 0. The summed E-state index contributed by atoms with van der Waals surface area (Å²) in [5.74, 6) is -0.231. The van der Waals surface area contributed by atoms with Crippen molar-refractivity contribution in [3.05, 3.63) is 82.4 Å². The Kier molecular flexibility index (Phi) is 6.80.